The van der Waals surface area contributed by atoms with Crippen LogP contribution in [0.25, 0.3) is 28.7 Å². The van der Waals surface area contributed by atoms with Gasteiger partial charge >= 0.3 is 5.97 Å². The van der Waals surface area contributed by atoms with Gasteiger partial charge in [0, 0.05) is 17.9 Å². The van der Waals surface area contributed by atoms with E-state index in [1.807, 2.05) is 38.1 Å². The van der Waals surface area contributed by atoms with Crippen molar-refractivity contribution in [2.75, 3.05) is 6.26 Å². The Morgan fingerprint density at radius 2 is 1.75 bits per heavy atom. The maximum absolute atomic E-state index is 11.9. The number of aromatic carboxylic acids is 1. The summed E-state index contributed by atoms with van der Waals surface area (Å²) in [7, 11) is -3.41. The molecule has 32 heavy (non-hydrogen) atoms. The van der Waals surface area contributed by atoms with Gasteiger partial charge in [-0.1, -0.05) is 38.1 Å². The summed E-state index contributed by atoms with van der Waals surface area (Å²) in [4.78, 5) is 11.7. The zero-order chi connectivity index (χ0) is 23.0. The third kappa shape index (κ3) is 4.04. The first-order valence-corrected chi connectivity index (χ1v) is 11.6. The minimum absolute atomic E-state index is 0.0586. The van der Waals surface area contributed by atoms with Crippen molar-refractivity contribution in [3.05, 3.63) is 65.9 Å². The van der Waals surface area contributed by atoms with E-state index in [9.17, 15) is 18.3 Å². The molecule has 4 rings (SSSR count). The largest absolute Gasteiger partial charge is 0.476 e. The number of rotatable bonds is 6. The maximum atomic E-state index is 11.9. The molecule has 0 fully saturated rings. The average molecular weight is 452 g/mol. The normalized spacial score (nSPS) is 11.8. The molecule has 0 aliphatic carbocycles. The monoisotopic (exact) mass is 452 g/mol. The van der Waals surface area contributed by atoms with E-state index in [4.69, 9.17) is 4.42 Å². The van der Waals surface area contributed by atoms with Gasteiger partial charge in [0.2, 0.25) is 5.89 Å². The fraction of sp³-hybridized carbons (Fsp3) is 0.182. The second-order valence-corrected chi connectivity index (χ2v) is 9.57. The van der Waals surface area contributed by atoms with Crippen LogP contribution in [-0.2, 0) is 9.84 Å². The minimum atomic E-state index is -3.41. The number of carbonyl (C=O) groups is 1. The molecule has 0 bridgehead atoms. The number of sulfone groups is 1. The predicted octanol–water partition coefficient (Wildman–Crippen LogP) is 3.81. The first-order chi connectivity index (χ1) is 15.1. The van der Waals surface area contributed by atoms with E-state index in [1.165, 1.54) is 22.9 Å². The lowest BCUT2D eigenvalue weighted by Gasteiger charge is -2.13. The van der Waals surface area contributed by atoms with E-state index in [-0.39, 0.29) is 28.3 Å². The lowest BCUT2D eigenvalue weighted by molar-refractivity contribution is 0.0690. The van der Waals surface area contributed by atoms with Gasteiger partial charge in [0.05, 0.1) is 10.6 Å². The third-order valence-electron chi connectivity index (χ3n) is 4.87. The molecule has 0 aliphatic heterocycles. The third-order valence-corrected chi connectivity index (χ3v) is 5.98. The number of aromatic nitrogens is 4. The molecule has 2 aromatic carbocycles. The number of carboxylic acids is 1. The van der Waals surface area contributed by atoms with Crippen LogP contribution >= 0.6 is 0 Å². The van der Waals surface area contributed by atoms with Crippen LogP contribution in [0.1, 0.15) is 35.8 Å². The quantitative estimate of drug-likeness (QED) is 0.468. The molecule has 2 aromatic heterocycles. The van der Waals surface area contributed by atoms with Gasteiger partial charge in [-0.2, -0.15) is 5.10 Å². The van der Waals surface area contributed by atoms with Crippen molar-refractivity contribution >= 4 is 15.8 Å². The summed E-state index contributed by atoms with van der Waals surface area (Å²) in [6.45, 7) is 4.05. The highest BCUT2D eigenvalue weighted by atomic mass is 32.2. The second-order valence-electron chi connectivity index (χ2n) is 7.56. The summed E-state index contributed by atoms with van der Waals surface area (Å²) in [5.74, 6) is -0.864. The van der Waals surface area contributed by atoms with Crippen LogP contribution in [0.4, 0.5) is 0 Å². The topological polar surface area (TPSA) is 128 Å². The van der Waals surface area contributed by atoms with Crippen LogP contribution in [0.5, 0.6) is 0 Å². The molecule has 0 atom stereocenters. The van der Waals surface area contributed by atoms with Gasteiger partial charge in [-0.15, -0.1) is 10.2 Å². The Labute approximate surface area is 184 Å². The van der Waals surface area contributed by atoms with Crippen LogP contribution in [0.15, 0.2) is 63.9 Å². The molecule has 1 N–H and O–H groups in total. The number of benzene rings is 2. The van der Waals surface area contributed by atoms with Crippen LogP contribution in [0.3, 0.4) is 0 Å². The Bertz CT molecular complexity index is 1420. The molecule has 0 radical (unpaired) electrons. The van der Waals surface area contributed by atoms with Crippen molar-refractivity contribution in [1.82, 2.24) is 20.0 Å². The van der Waals surface area contributed by atoms with Crippen LogP contribution < -0.4 is 0 Å². The Morgan fingerprint density at radius 3 is 2.44 bits per heavy atom. The molecule has 2 heterocycles. The lowest BCUT2D eigenvalue weighted by Crippen LogP contribution is -2.06. The second kappa shape index (κ2) is 8.04. The fourth-order valence-electron chi connectivity index (χ4n) is 3.29. The number of nitrogens with zero attached hydrogens (tertiary/aromatic N) is 4. The maximum Gasteiger partial charge on any atom is 0.356 e. The Balaban J connectivity index is 1.85. The Hall–Kier alpha value is -3.79. The van der Waals surface area contributed by atoms with Crippen LogP contribution in [0, 0.1) is 0 Å². The van der Waals surface area contributed by atoms with E-state index in [2.05, 4.69) is 15.3 Å². The number of para-hydroxylation sites is 1. The first kappa shape index (κ1) is 21.4. The number of hydrogen-bond acceptors (Lipinski definition) is 7. The van der Waals surface area contributed by atoms with Crippen molar-refractivity contribution in [3.8, 4) is 28.7 Å². The van der Waals surface area contributed by atoms with Crippen LogP contribution in [0.2, 0.25) is 0 Å². The molecule has 4 aromatic rings. The van der Waals surface area contributed by atoms with E-state index in [0.717, 1.165) is 11.8 Å². The highest BCUT2D eigenvalue weighted by Crippen LogP contribution is 2.30. The van der Waals surface area contributed by atoms with Crippen molar-refractivity contribution in [3.63, 3.8) is 0 Å². The van der Waals surface area contributed by atoms with Gasteiger partial charge in [0.1, 0.15) is 5.69 Å². The summed E-state index contributed by atoms with van der Waals surface area (Å²) in [6, 6.07) is 15.0. The SMILES string of the molecule is CC(C)c1ccccc1-n1nc(C(=O)O)cc1-c1nnc(-c2cccc(S(C)(=O)=O)c2)o1. The highest BCUT2D eigenvalue weighted by Gasteiger charge is 2.23. The summed E-state index contributed by atoms with van der Waals surface area (Å²) in [6.07, 6.45) is 1.11. The molecule has 164 valence electrons. The smallest absolute Gasteiger partial charge is 0.356 e. The Morgan fingerprint density at radius 1 is 1.03 bits per heavy atom. The summed E-state index contributed by atoms with van der Waals surface area (Å²) < 4.78 is 31.0. The van der Waals surface area contributed by atoms with Gasteiger partial charge in [-0.25, -0.2) is 17.9 Å². The van der Waals surface area contributed by atoms with Crippen LogP contribution in [-0.4, -0.2) is 45.7 Å². The fourth-order valence-corrected chi connectivity index (χ4v) is 3.96. The van der Waals surface area contributed by atoms with Crippen molar-refractivity contribution < 1.29 is 22.7 Å². The van der Waals surface area contributed by atoms with Crippen molar-refractivity contribution in [2.45, 2.75) is 24.7 Å². The molecule has 0 aliphatic rings. The molecule has 9 nitrogen and oxygen atoms in total. The molecule has 0 saturated carbocycles. The van der Waals surface area contributed by atoms with Gasteiger partial charge < -0.3 is 9.52 Å². The molecular weight excluding hydrogens is 432 g/mol. The molecule has 0 unspecified atom stereocenters. The molecule has 0 amide bonds. The standard InChI is InChI=1S/C22H20N4O5S/c1-13(2)16-9-4-5-10-18(16)26-19(12-17(25-26)22(27)28)21-24-23-20(31-21)14-7-6-8-15(11-14)32(3,29)30/h4-13H,1-3H3,(H,27,28). The van der Waals surface area contributed by atoms with E-state index >= 15 is 0 Å². The molecule has 10 heteroatoms. The van der Waals surface area contributed by atoms with Crippen molar-refractivity contribution in [1.29, 1.82) is 0 Å². The van der Waals surface area contributed by atoms with E-state index < -0.39 is 15.8 Å². The molecule has 0 spiro atoms. The average Bonchev–Trinajstić information content (AvgIpc) is 3.40. The summed E-state index contributed by atoms with van der Waals surface area (Å²) in [5.41, 5.74) is 2.24. The number of hydrogen-bond donors (Lipinski definition) is 1. The summed E-state index contributed by atoms with van der Waals surface area (Å²) in [5, 5.41) is 21.8. The number of carboxylic acid groups (broad SMARTS) is 1. The van der Waals surface area contributed by atoms with Gasteiger partial charge in [-0.05, 0) is 35.7 Å². The first-order valence-electron chi connectivity index (χ1n) is 9.72. The van der Waals surface area contributed by atoms with Gasteiger partial charge in [-0.3, -0.25) is 0 Å². The Kier molecular flexibility index (Phi) is 5.39. The zero-order valence-electron chi connectivity index (χ0n) is 17.6. The van der Waals surface area contributed by atoms with Crippen molar-refractivity contribution in [2.24, 2.45) is 0 Å². The molecular formula is C22H20N4O5S. The highest BCUT2D eigenvalue weighted by molar-refractivity contribution is 7.90. The lowest BCUT2D eigenvalue weighted by atomic mass is 10.0. The van der Waals surface area contributed by atoms with E-state index in [1.54, 1.807) is 12.1 Å². The minimum Gasteiger partial charge on any atom is -0.476 e. The van der Waals surface area contributed by atoms with Gasteiger partial charge in [0.15, 0.2) is 15.5 Å². The predicted molar refractivity (Wildman–Crippen MR) is 116 cm³/mol. The van der Waals surface area contributed by atoms with Gasteiger partial charge in [0.25, 0.3) is 5.89 Å². The zero-order valence-corrected chi connectivity index (χ0v) is 18.4. The summed E-state index contributed by atoms with van der Waals surface area (Å²) >= 11 is 0. The van der Waals surface area contributed by atoms with E-state index in [0.29, 0.717) is 16.9 Å². The molecule has 0 saturated heterocycles.